The van der Waals surface area contributed by atoms with Gasteiger partial charge in [0, 0.05) is 42.4 Å². The lowest BCUT2D eigenvalue weighted by molar-refractivity contribution is -0.147. The van der Waals surface area contributed by atoms with Gasteiger partial charge < -0.3 is 29.8 Å². The number of amides is 1. The van der Waals surface area contributed by atoms with Gasteiger partial charge in [-0.25, -0.2) is 24.7 Å². The van der Waals surface area contributed by atoms with E-state index in [1.165, 1.54) is 30.2 Å². The van der Waals surface area contributed by atoms with Crippen LogP contribution in [0.5, 0.6) is 5.75 Å². The lowest BCUT2D eigenvalue weighted by Gasteiger charge is -2.22. The molecule has 5 rings (SSSR count). The average Bonchev–Trinajstić information content (AvgIpc) is 3.61. The van der Waals surface area contributed by atoms with Crippen LogP contribution in [0.3, 0.4) is 0 Å². The SMILES string of the molecule is CCOC(=O)[C@@H]1C[C@H](Nc2ncccn2)CN1C(=O)c1nc(-c2ccc(OC)c3nc(C(F)(F)F)ccc23)oc1[C@H](C)N. The van der Waals surface area contributed by atoms with Crippen LogP contribution < -0.4 is 15.8 Å². The molecule has 4 aromatic rings. The van der Waals surface area contributed by atoms with Gasteiger partial charge in [0.1, 0.15) is 23.0 Å². The number of methoxy groups -OCH3 is 1. The minimum absolute atomic E-state index is 0.0363. The van der Waals surface area contributed by atoms with E-state index in [4.69, 9.17) is 19.6 Å². The number of nitrogens with two attached hydrogens (primary N) is 1. The summed E-state index contributed by atoms with van der Waals surface area (Å²) >= 11 is 0. The Morgan fingerprint density at radius 1 is 1.19 bits per heavy atom. The number of hydrogen-bond acceptors (Lipinski definition) is 11. The van der Waals surface area contributed by atoms with Crippen molar-refractivity contribution in [1.29, 1.82) is 0 Å². The van der Waals surface area contributed by atoms with E-state index in [1.807, 2.05) is 0 Å². The minimum Gasteiger partial charge on any atom is -0.494 e. The molecule has 0 spiro atoms. The second kappa shape index (κ2) is 11.8. The van der Waals surface area contributed by atoms with Crippen molar-refractivity contribution in [2.75, 3.05) is 25.6 Å². The molecule has 0 unspecified atom stereocenters. The van der Waals surface area contributed by atoms with Crippen LogP contribution in [-0.2, 0) is 15.7 Å². The van der Waals surface area contributed by atoms with Crippen molar-refractivity contribution in [3.63, 3.8) is 0 Å². The molecule has 0 radical (unpaired) electrons. The van der Waals surface area contributed by atoms with Crippen molar-refractivity contribution in [3.8, 4) is 17.2 Å². The van der Waals surface area contributed by atoms with E-state index in [0.717, 1.165) is 6.07 Å². The number of carbonyl (C=O) groups is 2. The Morgan fingerprint density at radius 3 is 2.58 bits per heavy atom. The molecule has 0 bridgehead atoms. The number of fused-ring (bicyclic) bond motifs is 1. The van der Waals surface area contributed by atoms with Crippen LogP contribution in [0.1, 0.15) is 48.3 Å². The molecule has 1 saturated heterocycles. The summed E-state index contributed by atoms with van der Waals surface area (Å²) in [4.78, 5) is 44.7. The molecule has 1 amide bonds. The van der Waals surface area contributed by atoms with Gasteiger partial charge >= 0.3 is 12.1 Å². The number of pyridine rings is 1. The molecule has 1 fully saturated rings. The number of aromatic nitrogens is 4. The molecule has 1 aromatic carbocycles. The van der Waals surface area contributed by atoms with Gasteiger partial charge in [-0.2, -0.15) is 13.2 Å². The molecular formula is C28H28F3N7O5. The van der Waals surface area contributed by atoms with Crippen LogP contribution in [0.4, 0.5) is 19.1 Å². The molecule has 0 aliphatic carbocycles. The Labute approximate surface area is 243 Å². The number of likely N-dealkylation sites (tertiary alicyclic amines) is 1. The van der Waals surface area contributed by atoms with E-state index < -0.39 is 35.8 Å². The first kappa shape index (κ1) is 29.7. The quantitative estimate of drug-likeness (QED) is 0.282. The van der Waals surface area contributed by atoms with Gasteiger partial charge in [-0.1, -0.05) is 0 Å². The fourth-order valence-electron chi connectivity index (χ4n) is 4.93. The summed E-state index contributed by atoms with van der Waals surface area (Å²) in [6, 6.07) is 4.58. The number of nitrogens with zero attached hydrogens (tertiary/aromatic N) is 5. The second-order valence-electron chi connectivity index (χ2n) is 9.80. The molecule has 1 aliphatic rings. The number of esters is 1. The number of halogens is 3. The van der Waals surface area contributed by atoms with Crippen molar-refractivity contribution in [1.82, 2.24) is 24.8 Å². The molecule has 1 aliphatic heterocycles. The normalized spacial score (nSPS) is 17.6. The largest absolute Gasteiger partial charge is 0.494 e. The van der Waals surface area contributed by atoms with Gasteiger partial charge in [0.05, 0.1) is 19.8 Å². The zero-order valence-electron chi connectivity index (χ0n) is 23.4. The fraction of sp³-hybridized carbons (Fsp3) is 0.357. The van der Waals surface area contributed by atoms with Crippen LogP contribution in [0.15, 0.2) is 47.1 Å². The van der Waals surface area contributed by atoms with E-state index in [9.17, 15) is 22.8 Å². The van der Waals surface area contributed by atoms with Crippen LogP contribution in [0.25, 0.3) is 22.4 Å². The number of nitrogens with one attached hydrogen (secondary N) is 1. The number of ether oxygens (including phenoxy) is 2. The smallest absolute Gasteiger partial charge is 0.433 e. The topological polar surface area (TPSA) is 159 Å². The highest BCUT2D eigenvalue weighted by Crippen LogP contribution is 2.38. The molecule has 3 atom stereocenters. The third-order valence-electron chi connectivity index (χ3n) is 6.85. The van der Waals surface area contributed by atoms with Crippen molar-refractivity contribution in [2.45, 2.75) is 44.6 Å². The second-order valence-corrected chi connectivity index (χ2v) is 9.80. The standard InChI is InChI=1S/C28H28F3N7O5/c1-4-42-26(40)18-12-15(35-27-33-10-5-11-34-27)13-38(18)25(39)22-23(14(2)32)43-24(37-22)17-6-8-19(41-3)21-16(17)7-9-20(36-21)28(29,30)31/h5-11,14-15,18H,4,12-13,32H2,1-3H3,(H,33,34,35)/t14-,15-,18-/m0/s1. The highest BCUT2D eigenvalue weighted by atomic mass is 19.4. The monoisotopic (exact) mass is 599 g/mol. The maximum Gasteiger partial charge on any atom is 0.433 e. The van der Waals surface area contributed by atoms with E-state index in [0.29, 0.717) is 5.95 Å². The summed E-state index contributed by atoms with van der Waals surface area (Å²) in [5.41, 5.74) is 5.12. The summed E-state index contributed by atoms with van der Waals surface area (Å²) < 4.78 is 56.7. The predicted octanol–water partition coefficient (Wildman–Crippen LogP) is 3.99. The number of benzene rings is 1. The first-order valence-electron chi connectivity index (χ1n) is 13.3. The maximum atomic E-state index is 14.0. The highest BCUT2D eigenvalue weighted by molar-refractivity contribution is 5.99. The van der Waals surface area contributed by atoms with Crippen LogP contribution in [-0.4, -0.2) is 69.1 Å². The lowest BCUT2D eigenvalue weighted by atomic mass is 10.1. The lowest BCUT2D eigenvalue weighted by Crippen LogP contribution is -2.42. The Morgan fingerprint density at radius 2 is 1.93 bits per heavy atom. The van der Waals surface area contributed by atoms with Gasteiger partial charge in [-0.3, -0.25) is 4.79 Å². The predicted molar refractivity (Wildman–Crippen MR) is 147 cm³/mol. The van der Waals surface area contributed by atoms with Crippen molar-refractivity contribution >= 4 is 28.7 Å². The Bertz CT molecular complexity index is 1650. The zero-order valence-corrected chi connectivity index (χ0v) is 23.4. The maximum absolute atomic E-state index is 14.0. The van der Waals surface area contributed by atoms with Crippen molar-refractivity contribution in [2.24, 2.45) is 5.73 Å². The Kier molecular flexibility index (Phi) is 8.17. The van der Waals surface area contributed by atoms with E-state index in [1.54, 1.807) is 32.3 Å². The van der Waals surface area contributed by atoms with E-state index >= 15 is 0 Å². The highest BCUT2D eigenvalue weighted by Gasteiger charge is 2.43. The summed E-state index contributed by atoms with van der Waals surface area (Å²) in [5, 5.41) is 3.38. The fourth-order valence-corrected chi connectivity index (χ4v) is 4.93. The third-order valence-corrected chi connectivity index (χ3v) is 6.85. The summed E-state index contributed by atoms with van der Waals surface area (Å²) in [6.45, 7) is 3.46. The van der Waals surface area contributed by atoms with Crippen molar-refractivity contribution < 1.29 is 36.7 Å². The molecule has 3 aromatic heterocycles. The van der Waals surface area contributed by atoms with Crippen LogP contribution >= 0.6 is 0 Å². The molecule has 3 N–H and O–H groups in total. The molecular weight excluding hydrogens is 571 g/mol. The van der Waals surface area contributed by atoms with Gasteiger partial charge in [0.15, 0.2) is 11.5 Å². The van der Waals surface area contributed by atoms with Gasteiger partial charge in [0.2, 0.25) is 11.8 Å². The van der Waals surface area contributed by atoms with Crippen LogP contribution in [0, 0.1) is 0 Å². The molecule has 0 saturated carbocycles. The summed E-state index contributed by atoms with van der Waals surface area (Å²) in [6.07, 6.45) is -1.34. The van der Waals surface area contributed by atoms with E-state index in [-0.39, 0.29) is 65.2 Å². The average molecular weight is 600 g/mol. The Hall–Kier alpha value is -4.79. The van der Waals surface area contributed by atoms with Gasteiger partial charge in [-0.05, 0) is 44.2 Å². The number of anilines is 1. The number of rotatable bonds is 8. The molecule has 226 valence electrons. The number of hydrogen-bond donors (Lipinski definition) is 2. The minimum atomic E-state index is -4.68. The van der Waals surface area contributed by atoms with Gasteiger partial charge in [-0.15, -0.1) is 0 Å². The number of alkyl halides is 3. The summed E-state index contributed by atoms with van der Waals surface area (Å²) in [7, 11) is 1.31. The number of carbonyl (C=O) groups excluding carboxylic acids is 2. The molecule has 43 heavy (non-hydrogen) atoms. The first-order chi connectivity index (χ1) is 20.5. The molecule has 15 heteroatoms. The van der Waals surface area contributed by atoms with Crippen LogP contribution in [0.2, 0.25) is 0 Å². The third kappa shape index (κ3) is 5.93. The molecule has 4 heterocycles. The summed E-state index contributed by atoms with van der Waals surface area (Å²) in [5.74, 6) is -0.811. The van der Waals surface area contributed by atoms with Crippen molar-refractivity contribution in [3.05, 3.63) is 59.9 Å². The van der Waals surface area contributed by atoms with E-state index in [2.05, 4.69) is 25.3 Å². The zero-order chi connectivity index (χ0) is 30.9. The first-order valence-corrected chi connectivity index (χ1v) is 13.3. The Balaban J connectivity index is 1.54. The number of oxazole rings is 1. The van der Waals surface area contributed by atoms with Gasteiger partial charge in [0.25, 0.3) is 5.91 Å². The molecule has 12 nitrogen and oxygen atoms in total.